The molecule has 0 aliphatic rings. The van der Waals surface area contributed by atoms with E-state index in [1.54, 1.807) is 6.20 Å². The molecule has 0 aliphatic carbocycles. The van der Waals surface area contributed by atoms with E-state index >= 15 is 0 Å². The Bertz CT molecular complexity index is 895. The van der Waals surface area contributed by atoms with Crippen LogP contribution in [-0.4, -0.2) is 22.6 Å². The summed E-state index contributed by atoms with van der Waals surface area (Å²) in [5.74, 6) is -1.22. The summed E-state index contributed by atoms with van der Waals surface area (Å²) in [6, 6.07) is 15.6. The van der Waals surface area contributed by atoms with Crippen LogP contribution in [0.2, 0.25) is 0 Å². The van der Waals surface area contributed by atoms with Crippen molar-refractivity contribution >= 4 is 40.1 Å². The fraction of sp³-hybridized carbons (Fsp3) is 0.0556. The van der Waals surface area contributed by atoms with Gasteiger partial charge in [-0.25, -0.2) is 4.98 Å². The van der Waals surface area contributed by atoms with E-state index in [1.165, 1.54) is 36.0 Å². The van der Waals surface area contributed by atoms with Crippen molar-refractivity contribution in [1.29, 1.82) is 0 Å². The van der Waals surface area contributed by atoms with Crippen molar-refractivity contribution in [3.8, 4) is 0 Å². The van der Waals surface area contributed by atoms with Gasteiger partial charge in [0, 0.05) is 17.3 Å². The second kappa shape index (κ2) is 9.01. The zero-order valence-electron chi connectivity index (χ0n) is 13.6. The molecule has 3 aromatic rings. The van der Waals surface area contributed by atoms with Gasteiger partial charge in [0.15, 0.2) is 0 Å². The Balaban J connectivity index is 0.00000225. The van der Waals surface area contributed by atoms with Gasteiger partial charge in [-0.2, -0.15) is 0 Å². The molecule has 1 aromatic heterocycles. The van der Waals surface area contributed by atoms with Crippen LogP contribution in [0.3, 0.4) is 0 Å². The Morgan fingerprint density at radius 2 is 1.76 bits per heavy atom. The van der Waals surface area contributed by atoms with Crippen LogP contribution in [0.15, 0.2) is 65.8 Å². The average Bonchev–Trinajstić information content (AvgIpc) is 2.60. The molecule has 5 nitrogen and oxygen atoms in total. The molecule has 25 heavy (non-hydrogen) atoms. The van der Waals surface area contributed by atoms with Crippen molar-refractivity contribution in [2.24, 2.45) is 0 Å². The third kappa shape index (κ3) is 5.06. The van der Waals surface area contributed by atoms with Crippen LogP contribution >= 0.6 is 11.8 Å². The molecule has 0 spiro atoms. The van der Waals surface area contributed by atoms with Crippen LogP contribution in [0, 0.1) is 0 Å². The normalized spacial score (nSPS) is 10.1. The van der Waals surface area contributed by atoms with E-state index in [-0.39, 0.29) is 46.8 Å². The molecule has 7 heteroatoms. The van der Waals surface area contributed by atoms with Gasteiger partial charge in [-0.05, 0) is 29.1 Å². The molecule has 120 valence electrons. The number of hydrogen-bond donors (Lipinski definition) is 1. The maximum Gasteiger partial charge on any atom is 1.00 e. The van der Waals surface area contributed by atoms with Crippen LogP contribution in [0.1, 0.15) is 10.4 Å². The van der Waals surface area contributed by atoms with Gasteiger partial charge in [-0.3, -0.25) is 4.79 Å². The SMILES string of the molecule is O=C(CSc1nccc2ccccc12)Nc1ccc(C(=O)[O-])cc1.[Na+]. The largest absolute Gasteiger partial charge is 1.00 e. The molecule has 0 bridgehead atoms. The molecule has 2 aromatic carbocycles. The number of nitrogens with zero attached hydrogens (tertiary/aromatic N) is 1. The number of carbonyl (C=O) groups excluding carboxylic acids is 2. The monoisotopic (exact) mass is 360 g/mol. The van der Waals surface area contributed by atoms with Crippen LogP contribution in [0.4, 0.5) is 5.69 Å². The number of hydrogen-bond acceptors (Lipinski definition) is 5. The molecular weight excluding hydrogens is 347 g/mol. The van der Waals surface area contributed by atoms with E-state index < -0.39 is 5.97 Å². The maximum atomic E-state index is 12.1. The first-order valence-corrected chi connectivity index (χ1v) is 8.20. The van der Waals surface area contributed by atoms with E-state index in [1.807, 2.05) is 30.3 Å². The van der Waals surface area contributed by atoms with E-state index in [0.717, 1.165) is 15.8 Å². The van der Waals surface area contributed by atoms with Gasteiger partial charge in [-0.1, -0.05) is 48.2 Å². The molecule has 1 amide bonds. The van der Waals surface area contributed by atoms with Gasteiger partial charge in [-0.15, -0.1) is 0 Å². The summed E-state index contributed by atoms with van der Waals surface area (Å²) in [5.41, 5.74) is 0.610. The number of carboxylic acid groups (broad SMARTS) is 1. The number of aromatic carboxylic acids is 1. The number of anilines is 1. The molecule has 0 unspecified atom stereocenters. The van der Waals surface area contributed by atoms with Crippen LogP contribution in [0.25, 0.3) is 10.8 Å². The summed E-state index contributed by atoms with van der Waals surface area (Å²) in [6.07, 6.45) is 1.72. The number of aromatic nitrogens is 1. The molecule has 0 saturated heterocycles. The fourth-order valence-electron chi connectivity index (χ4n) is 2.23. The summed E-state index contributed by atoms with van der Waals surface area (Å²) in [6.45, 7) is 0. The second-order valence-corrected chi connectivity index (χ2v) is 6.00. The fourth-order valence-corrected chi connectivity index (χ4v) is 3.04. The van der Waals surface area contributed by atoms with E-state index in [9.17, 15) is 14.7 Å². The van der Waals surface area contributed by atoms with Gasteiger partial charge in [0.05, 0.1) is 11.7 Å². The van der Waals surface area contributed by atoms with Crippen LogP contribution < -0.4 is 40.0 Å². The summed E-state index contributed by atoms with van der Waals surface area (Å²) >= 11 is 1.36. The first-order chi connectivity index (χ1) is 11.6. The number of nitrogens with one attached hydrogen (secondary N) is 1. The number of amides is 1. The number of rotatable bonds is 5. The Morgan fingerprint density at radius 1 is 1.04 bits per heavy atom. The van der Waals surface area contributed by atoms with Crippen molar-refractivity contribution in [3.05, 3.63) is 66.4 Å². The molecule has 0 fully saturated rings. The minimum Gasteiger partial charge on any atom is -0.545 e. The van der Waals surface area contributed by atoms with Crippen molar-refractivity contribution in [2.75, 3.05) is 11.1 Å². The first kappa shape index (κ1) is 19.5. The number of fused-ring (bicyclic) bond motifs is 1. The number of carbonyl (C=O) groups is 2. The molecule has 3 rings (SSSR count). The number of thioether (sulfide) groups is 1. The topological polar surface area (TPSA) is 82.1 Å². The molecular formula is C18H13N2NaO3S. The molecule has 1 heterocycles. The number of pyridine rings is 1. The van der Waals surface area contributed by atoms with Gasteiger partial charge in [0.25, 0.3) is 0 Å². The predicted octanol–water partition coefficient (Wildman–Crippen LogP) is -0.667. The Kier molecular flexibility index (Phi) is 7.01. The van der Waals surface area contributed by atoms with Crippen molar-refractivity contribution in [3.63, 3.8) is 0 Å². The quantitative estimate of drug-likeness (QED) is 0.482. The van der Waals surface area contributed by atoms with E-state index in [2.05, 4.69) is 10.3 Å². The maximum absolute atomic E-state index is 12.1. The summed E-state index contributed by atoms with van der Waals surface area (Å²) in [4.78, 5) is 27.1. The second-order valence-electron chi connectivity index (χ2n) is 5.04. The first-order valence-electron chi connectivity index (χ1n) is 7.21. The van der Waals surface area contributed by atoms with Crippen molar-refractivity contribution < 1.29 is 44.3 Å². The van der Waals surface area contributed by atoms with Crippen LogP contribution in [0.5, 0.6) is 0 Å². The van der Waals surface area contributed by atoms with Gasteiger partial charge in [0.2, 0.25) is 5.91 Å². The van der Waals surface area contributed by atoms with E-state index in [0.29, 0.717) is 5.69 Å². The van der Waals surface area contributed by atoms with Crippen molar-refractivity contribution in [1.82, 2.24) is 4.98 Å². The zero-order chi connectivity index (χ0) is 16.9. The van der Waals surface area contributed by atoms with Gasteiger partial charge >= 0.3 is 29.6 Å². The van der Waals surface area contributed by atoms with Gasteiger partial charge < -0.3 is 15.2 Å². The third-order valence-electron chi connectivity index (χ3n) is 3.38. The smallest absolute Gasteiger partial charge is 0.545 e. The number of carboxylic acids is 1. The molecule has 0 radical (unpaired) electrons. The number of benzene rings is 2. The van der Waals surface area contributed by atoms with Crippen LogP contribution in [-0.2, 0) is 4.79 Å². The standard InChI is InChI=1S/C18H14N2O3S.Na/c21-16(20-14-7-5-13(6-8-14)18(22)23)11-24-17-15-4-2-1-3-12(15)9-10-19-17;/h1-10H,11H2,(H,20,21)(H,22,23);/q;+1/p-1. The third-order valence-corrected chi connectivity index (χ3v) is 4.39. The summed E-state index contributed by atoms with van der Waals surface area (Å²) in [7, 11) is 0. The van der Waals surface area contributed by atoms with Gasteiger partial charge in [0.1, 0.15) is 5.03 Å². The molecule has 0 saturated carbocycles. The summed E-state index contributed by atoms with van der Waals surface area (Å²) in [5, 5.41) is 16.3. The minimum atomic E-state index is -1.24. The summed E-state index contributed by atoms with van der Waals surface area (Å²) < 4.78 is 0. The Hall–Kier alpha value is -1.86. The Morgan fingerprint density at radius 3 is 2.48 bits per heavy atom. The zero-order valence-corrected chi connectivity index (χ0v) is 16.4. The minimum absolute atomic E-state index is 0. The average molecular weight is 360 g/mol. The predicted molar refractivity (Wildman–Crippen MR) is 91.9 cm³/mol. The molecule has 0 aliphatic heterocycles. The molecule has 1 N–H and O–H groups in total. The van der Waals surface area contributed by atoms with Crippen molar-refractivity contribution in [2.45, 2.75) is 5.03 Å². The molecule has 0 atom stereocenters. The Labute approximate surface area is 171 Å². The van der Waals surface area contributed by atoms with E-state index in [4.69, 9.17) is 0 Å².